The highest BCUT2D eigenvalue weighted by molar-refractivity contribution is 8.26. The number of carbonyl (C=O) groups excluding carboxylic acids is 2. The number of aryl methyl sites for hydroxylation is 1. The maximum atomic E-state index is 12.7. The van der Waals surface area contributed by atoms with Gasteiger partial charge in [-0.25, -0.2) is 0 Å². The van der Waals surface area contributed by atoms with Crippen LogP contribution in [0.3, 0.4) is 0 Å². The summed E-state index contributed by atoms with van der Waals surface area (Å²) in [6, 6.07) is 12.6. The van der Waals surface area contributed by atoms with Crippen molar-refractivity contribution in [1.82, 2.24) is 4.90 Å². The summed E-state index contributed by atoms with van der Waals surface area (Å²) < 4.78 is 0.323. The summed E-state index contributed by atoms with van der Waals surface area (Å²) in [4.78, 5) is 26.7. The van der Waals surface area contributed by atoms with Crippen molar-refractivity contribution >= 4 is 75.1 Å². The predicted octanol–water partition coefficient (Wildman–Crippen LogP) is 5.14. The number of rotatable bonds is 4. The standard InChI is InChI=1S/C19H14Cl2N2O2S2/c1-11-5-2-3-8-14(11)22-16(24)10-23-18(25)15(27-19(23)26)9-12-6-4-7-13(20)17(12)21/h2-9H,10H2,1H3,(H,22,24)/b15-9-. The van der Waals surface area contributed by atoms with E-state index in [-0.39, 0.29) is 18.4 Å². The van der Waals surface area contributed by atoms with Gasteiger partial charge in [-0.3, -0.25) is 14.5 Å². The number of hydrogen-bond acceptors (Lipinski definition) is 4. The van der Waals surface area contributed by atoms with Crippen molar-refractivity contribution in [3.05, 3.63) is 68.5 Å². The fourth-order valence-electron chi connectivity index (χ4n) is 2.46. The van der Waals surface area contributed by atoms with E-state index in [4.69, 9.17) is 35.4 Å². The molecular formula is C19H14Cl2N2O2S2. The Morgan fingerprint density at radius 2 is 1.96 bits per heavy atom. The van der Waals surface area contributed by atoms with Crippen LogP contribution in [-0.2, 0) is 9.59 Å². The van der Waals surface area contributed by atoms with Crippen molar-refractivity contribution < 1.29 is 9.59 Å². The average molecular weight is 437 g/mol. The van der Waals surface area contributed by atoms with Gasteiger partial charge >= 0.3 is 0 Å². The van der Waals surface area contributed by atoms with E-state index < -0.39 is 0 Å². The van der Waals surface area contributed by atoms with E-state index in [0.717, 1.165) is 17.3 Å². The number of carbonyl (C=O) groups is 2. The third-order valence-corrected chi connectivity index (χ3v) is 6.07. The highest BCUT2D eigenvalue weighted by Crippen LogP contribution is 2.35. The average Bonchev–Trinajstić information content (AvgIpc) is 2.88. The Kier molecular flexibility index (Phi) is 6.22. The Hall–Kier alpha value is -1.86. The van der Waals surface area contributed by atoms with Gasteiger partial charge in [0.05, 0.1) is 15.0 Å². The molecule has 27 heavy (non-hydrogen) atoms. The molecule has 2 aromatic carbocycles. The van der Waals surface area contributed by atoms with E-state index in [9.17, 15) is 9.59 Å². The van der Waals surface area contributed by atoms with Crippen LogP contribution < -0.4 is 5.32 Å². The maximum Gasteiger partial charge on any atom is 0.266 e. The Bertz CT molecular complexity index is 976. The second-order valence-corrected chi connectivity index (χ2v) is 8.23. The van der Waals surface area contributed by atoms with Crippen LogP contribution in [0.5, 0.6) is 0 Å². The molecule has 0 aliphatic carbocycles. The van der Waals surface area contributed by atoms with Gasteiger partial charge in [0.1, 0.15) is 10.9 Å². The molecule has 0 spiro atoms. The molecule has 1 aliphatic heterocycles. The lowest BCUT2D eigenvalue weighted by Gasteiger charge is -2.15. The van der Waals surface area contributed by atoms with Crippen LogP contribution in [0.4, 0.5) is 5.69 Å². The lowest BCUT2D eigenvalue weighted by atomic mass is 10.2. The molecule has 4 nitrogen and oxygen atoms in total. The maximum absolute atomic E-state index is 12.7. The number of para-hydroxylation sites is 1. The first-order chi connectivity index (χ1) is 12.9. The monoisotopic (exact) mass is 436 g/mol. The summed E-state index contributed by atoms with van der Waals surface area (Å²) in [6.45, 7) is 1.74. The Morgan fingerprint density at radius 3 is 2.70 bits per heavy atom. The highest BCUT2D eigenvalue weighted by Gasteiger charge is 2.33. The van der Waals surface area contributed by atoms with E-state index in [1.807, 2.05) is 25.1 Å². The molecule has 0 bridgehead atoms. The van der Waals surface area contributed by atoms with Crippen molar-refractivity contribution in [2.75, 3.05) is 11.9 Å². The SMILES string of the molecule is Cc1ccccc1NC(=O)CN1C(=O)/C(=C/c2cccc(Cl)c2Cl)SC1=S. The second-order valence-electron chi connectivity index (χ2n) is 5.77. The molecular weight excluding hydrogens is 423 g/mol. The van der Waals surface area contributed by atoms with Crippen LogP contribution in [0.25, 0.3) is 6.08 Å². The van der Waals surface area contributed by atoms with E-state index >= 15 is 0 Å². The minimum atomic E-state index is -0.332. The summed E-state index contributed by atoms with van der Waals surface area (Å²) in [5, 5.41) is 3.56. The lowest BCUT2D eigenvalue weighted by Crippen LogP contribution is -2.36. The van der Waals surface area contributed by atoms with Crippen LogP contribution in [0.1, 0.15) is 11.1 Å². The van der Waals surface area contributed by atoms with Crippen molar-refractivity contribution in [3.8, 4) is 0 Å². The van der Waals surface area contributed by atoms with E-state index in [1.54, 1.807) is 30.3 Å². The number of benzene rings is 2. The third kappa shape index (κ3) is 4.52. The van der Waals surface area contributed by atoms with Gasteiger partial charge in [-0.1, -0.05) is 77.5 Å². The first-order valence-corrected chi connectivity index (χ1v) is 9.89. The number of nitrogens with zero attached hydrogens (tertiary/aromatic N) is 1. The normalized spacial score (nSPS) is 15.5. The van der Waals surface area contributed by atoms with Gasteiger partial charge in [0.15, 0.2) is 0 Å². The molecule has 3 rings (SSSR count). The van der Waals surface area contributed by atoms with E-state index in [1.165, 1.54) is 4.90 Å². The first kappa shape index (κ1) is 19.9. The zero-order valence-electron chi connectivity index (χ0n) is 14.2. The number of halogens is 2. The van der Waals surface area contributed by atoms with Gasteiger partial charge in [-0.15, -0.1) is 0 Å². The molecule has 0 atom stereocenters. The summed E-state index contributed by atoms with van der Waals surface area (Å²) in [5.41, 5.74) is 2.26. The Balaban J connectivity index is 1.74. The molecule has 138 valence electrons. The zero-order valence-corrected chi connectivity index (χ0v) is 17.3. The molecule has 0 unspecified atom stereocenters. The molecule has 0 saturated carbocycles. The van der Waals surface area contributed by atoms with Crippen molar-refractivity contribution in [3.63, 3.8) is 0 Å². The number of thiocarbonyl (C=S) groups is 1. The fraction of sp³-hybridized carbons (Fsp3) is 0.105. The smallest absolute Gasteiger partial charge is 0.266 e. The molecule has 2 amide bonds. The number of nitrogens with one attached hydrogen (secondary N) is 1. The lowest BCUT2D eigenvalue weighted by molar-refractivity contribution is -0.126. The van der Waals surface area contributed by atoms with Crippen LogP contribution in [0, 0.1) is 6.92 Å². The number of thioether (sulfide) groups is 1. The molecule has 1 aliphatic rings. The molecule has 1 heterocycles. The highest BCUT2D eigenvalue weighted by atomic mass is 35.5. The van der Waals surface area contributed by atoms with Crippen LogP contribution in [0.15, 0.2) is 47.4 Å². The molecule has 8 heteroatoms. The van der Waals surface area contributed by atoms with Crippen LogP contribution in [0.2, 0.25) is 10.0 Å². The van der Waals surface area contributed by atoms with Crippen molar-refractivity contribution in [2.45, 2.75) is 6.92 Å². The Morgan fingerprint density at radius 1 is 1.22 bits per heavy atom. The van der Waals surface area contributed by atoms with E-state index in [2.05, 4.69) is 5.32 Å². The van der Waals surface area contributed by atoms with Gasteiger partial charge in [0.25, 0.3) is 5.91 Å². The third-order valence-electron chi connectivity index (χ3n) is 3.86. The topological polar surface area (TPSA) is 49.4 Å². The van der Waals surface area contributed by atoms with Gasteiger partial charge in [-0.05, 0) is 36.3 Å². The largest absolute Gasteiger partial charge is 0.324 e. The second kappa shape index (κ2) is 8.44. The minimum Gasteiger partial charge on any atom is -0.324 e. The molecule has 1 saturated heterocycles. The fourth-order valence-corrected chi connectivity index (χ4v) is 4.06. The summed E-state index contributed by atoms with van der Waals surface area (Å²) >= 11 is 18.6. The van der Waals surface area contributed by atoms with E-state index in [0.29, 0.717) is 30.5 Å². The van der Waals surface area contributed by atoms with Crippen LogP contribution in [-0.4, -0.2) is 27.6 Å². The Labute approximate surface area is 176 Å². The number of anilines is 1. The number of hydrogen-bond donors (Lipinski definition) is 1. The van der Waals surface area contributed by atoms with Crippen molar-refractivity contribution in [2.24, 2.45) is 0 Å². The molecule has 1 fully saturated rings. The van der Waals surface area contributed by atoms with Gasteiger partial charge in [0.2, 0.25) is 5.91 Å². The molecule has 0 aromatic heterocycles. The zero-order chi connectivity index (χ0) is 19.6. The first-order valence-electron chi connectivity index (χ1n) is 7.91. The van der Waals surface area contributed by atoms with Gasteiger partial charge in [-0.2, -0.15) is 0 Å². The minimum absolute atomic E-state index is 0.153. The summed E-state index contributed by atoms with van der Waals surface area (Å²) in [6.07, 6.45) is 1.63. The van der Waals surface area contributed by atoms with Gasteiger partial charge < -0.3 is 5.32 Å². The quantitative estimate of drug-likeness (QED) is 0.532. The summed E-state index contributed by atoms with van der Waals surface area (Å²) in [7, 11) is 0. The van der Waals surface area contributed by atoms with Gasteiger partial charge in [0, 0.05) is 5.69 Å². The van der Waals surface area contributed by atoms with Crippen LogP contribution >= 0.6 is 47.2 Å². The molecule has 1 N–H and O–H groups in total. The molecule has 2 aromatic rings. The number of amides is 2. The predicted molar refractivity (Wildman–Crippen MR) is 116 cm³/mol. The van der Waals surface area contributed by atoms with Crippen molar-refractivity contribution in [1.29, 1.82) is 0 Å². The summed E-state index contributed by atoms with van der Waals surface area (Å²) in [5.74, 6) is -0.649. The molecule has 0 radical (unpaired) electrons.